The van der Waals surface area contributed by atoms with E-state index < -0.39 is 17.2 Å². The normalized spacial score (nSPS) is 14.5. The monoisotopic (exact) mass is 542 g/mol. The van der Waals surface area contributed by atoms with Gasteiger partial charge in [-0.05, 0) is 62.7 Å². The molecule has 0 bridgehead atoms. The van der Waals surface area contributed by atoms with E-state index in [2.05, 4.69) is 20.9 Å². The van der Waals surface area contributed by atoms with Gasteiger partial charge in [0.1, 0.15) is 28.3 Å². The van der Waals surface area contributed by atoms with Crippen LogP contribution in [-0.2, 0) is 11.3 Å². The number of anilines is 1. The Hall–Kier alpha value is -2.69. The molecule has 0 atom stereocenters. The fraction of sp³-hybridized carbons (Fsp3) is 0.522. The number of rotatable bonds is 5. The van der Waals surface area contributed by atoms with Crippen LogP contribution in [-0.4, -0.2) is 52.3 Å². The van der Waals surface area contributed by atoms with Crippen molar-refractivity contribution in [1.29, 1.82) is 0 Å². The second-order valence-electron chi connectivity index (χ2n) is 9.28. The molecular formula is C23H29BrF2N4O4. The van der Waals surface area contributed by atoms with Crippen LogP contribution in [0.4, 0.5) is 19.5 Å². The first-order valence-corrected chi connectivity index (χ1v) is 11.8. The number of nitrogens with zero attached hydrogens (tertiary/aromatic N) is 4. The van der Waals surface area contributed by atoms with Gasteiger partial charge in [-0.1, -0.05) is 0 Å². The molecule has 1 aliphatic rings. The molecule has 8 nitrogen and oxygen atoms in total. The number of aromatic nitrogens is 2. The van der Waals surface area contributed by atoms with E-state index in [-0.39, 0.29) is 40.2 Å². The largest absolute Gasteiger partial charge is 0.472 e. The maximum absolute atomic E-state index is 14.0. The van der Waals surface area contributed by atoms with Crippen LogP contribution in [0.15, 0.2) is 27.5 Å². The Labute approximate surface area is 205 Å². The number of benzene rings is 1. The Kier molecular flexibility index (Phi) is 7.84. The first-order chi connectivity index (χ1) is 15.9. The number of carbonyl (C=O) groups excluding carboxylic acids is 1. The van der Waals surface area contributed by atoms with Gasteiger partial charge >= 0.3 is 6.09 Å². The van der Waals surface area contributed by atoms with Gasteiger partial charge in [0.2, 0.25) is 11.8 Å². The molecule has 11 heteroatoms. The summed E-state index contributed by atoms with van der Waals surface area (Å²) in [6.45, 7) is 10.6. The van der Waals surface area contributed by atoms with Crippen LogP contribution in [0.5, 0.6) is 5.88 Å². The fourth-order valence-electron chi connectivity index (χ4n) is 3.47. The summed E-state index contributed by atoms with van der Waals surface area (Å²) in [7, 11) is 0. The number of halogens is 3. The smallest absolute Gasteiger partial charge is 0.410 e. The maximum atomic E-state index is 14.0. The van der Waals surface area contributed by atoms with Crippen molar-refractivity contribution in [3.63, 3.8) is 0 Å². The third-order valence-corrected chi connectivity index (χ3v) is 5.80. The lowest BCUT2D eigenvalue weighted by molar-refractivity contribution is 0.0239. The Morgan fingerprint density at radius 2 is 1.82 bits per heavy atom. The summed E-state index contributed by atoms with van der Waals surface area (Å²) in [6, 6.07) is 2.99. The molecule has 0 aliphatic carbocycles. The van der Waals surface area contributed by atoms with E-state index in [0.717, 1.165) is 12.1 Å². The Morgan fingerprint density at radius 3 is 2.38 bits per heavy atom. The molecule has 1 aliphatic heterocycles. The highest BCUT2D eigenvalue weighted by Crippen LogP contribution is 2.27. The number of ether oxygens (including phenoxy) is 2. The predicted octanol–water partition coefficient (Wildman–Crippen LogP) is 4.50. The lowest BCUT2D eigenvalue weighted by Gasteiger charge is -2.37. The standard InChI is InChI=1S/C23H29BrF2N4O4/c1-14(2)30-20(31)18(24)19(33-13-15-6-7-16(25)12-17(15)26)27-21(30)28-8-10-29(11-9-28)22(32)34-23(3,4)5/h6-7,12,14H,8-11,13H2,1-5H3. The van der Waals surface area contributed by atoms with E-state index in [4.69, 9.17) is 9.47 Å². The molecule has 1 amide bonds. The molecule has 2 aromatic rings. The number of carbonyl (C=O) groups is 1. The number of amides is 1. The molecule has 0 spiro atoms. The highest BCUT2D eigenvalue weighted by Gasteiger charge is 2.29. The molecule has 0 N–H and O–H groups in total. The van der Waals surface area contributed by atoms with Crippen LogP contribution < -0.4 is 15.2 Å². The first kappa shape index (κ1) is 25.9. The van der Waals surface area contributed by atoms with Crippen molar-refractivity contribution in [3.8, 4) is 5.88 Å². The van der Waals surface area contributed by atoms with Crippen molar-refractivity contribution >= 4 is 28.0 Å². The average molecular weight is 543 g/mol. The quantitative estimate of drug-likeness (QED) is 0.553. The van der Waals surface area contributed by atoms with E-state index in [1.54, 1.807) is 9.47 Å². The number of piperazine rings is 1. The van der Waals surface area contributed by atoms with E-state index in [9.17, 15) is 18.4 Å². The van der Waals surface area contributed by atoms with Crippen molar-refractivity contribution in [2.75, 3.05) is 31.1 Å². The third kappa shape index (κ3) is 6.05. The lowest BCUT2D eigenvalue weighted by Crippen LogP contribution is -2.51. The first-order valence-electron chi connectivity index (χ1n) is 11.0. The third-order valence-electron chi connectivity index (χ3n) is 5.12. The maximum Gasteiger partial charge on any atom is 0.410 e. The number of hydrogen-bond acceptors (Lipinski definition) is 6. The fourth-order valence-corrected chi connectivity index (χ4v) is 3.86. The van der Waals surface area contributed by atoms with Gasteiger partial charge in [0.25, 0.3) is 5.56 Å². The molecule has 1 aromatic carbocycles. The molecule has 0 unspecified atom stereocenters. The summed E-state index contributed by atoms with van der Waals surface area (Å²) in [5, 5.41) is 0. The lowest BCUT2D eigenvalue weighted by atomic mass is 10.2. The van der Waals surface area contributed by atoms with Gasteiger partial charge < -0.3 is 19.3 Å². The zero-order valence-electron chi connectivity index (χ0n) is 19.9. The molecule has 1 fully saturated rings. The van der Waals surface area contributed by atoms with Crippen LogP contribution in [0.25, 0.3) is 0 Å². The summed E-state index contributed by atoms with van der Waals surface area (Å²) < 4.78 is 39.9. The van der Waals surface area contributed by atoms with Crippen molar-refractivity contribution in [3.05, 3.63) is 50.2 Å². The average Bonchev–Trinajstić information content (AvgIpc) is 2.74. The topological polar surface area (TPSA) is 76.9 Å². The summed E-state index contributed by atoms with van der Waals surface area (Å²) in [5.74, 6) is -1.03. The minimum atomic E-state index is -0.745. The molecule has 34 heavy (non-hydrogen) atoms. The van der Waals surface area contributed by atoms with Crippen molar-refractivity contribution < 1.29 is 23.0 Å². The van der Waals surface area contributed by atoms with Crippen LogP contribution in [0, 0.1) is 11.6 Å². The minimum absolute atomic E-state index is 0.00944. The summed E-state index contributed by atoms with van der Waals surface area (Å²) in [4.78, 5) is 33.6. The zero-order valence-corrected chi connectivity index (χ0v) is 21.5. The van der Waals surface area contributed by atoms with Gasteiger partial charge in [-0.25, -0.2) is 13.6 Å². The molecular weight excluding hydrogens is 514 g/mol. The van der Waals surface area contributed by atoms with Gasteiger partial charge in [-0.15, -0.1) is 0 Å². The highest BCUT2D eigenvalue weighted by molar-refractivity contribution is 9.10. The van der Waals surface area contributed by atoms with Gasteiger partial charge in [-0.2, -0.15) is 4.98 Å². The highest BCUT2D eigenvalue weighted by atomic mass is 79.9. The van der Waals surface area contributed by atoms with Gasteiger partial charge in [0.15, 0.2) is 0 Å². The Morgan fingerprint density at radius 1 is 1.18 bits per heavy atom. The van der Waals surface area contributed by atoms with Crippen molar-refractivity contribution in [2.24, 2.45) is 0 Å². The summed E-state index contributed by atoms with van der Waals surface area (Å²) in [5.41, 5.74) is -0.796. The van der Waals surface area contributed by atoms with E-state index in [0.29, 0.717) is 32.1 Å². The summed E-state index contributed by atoms with van der Waals surface area (Å²) >= 11 is 3.26. The molecule has 2 heterocycles. The summed E-state index contributed by atoms with van der Waals surface area (Å²) in [6.07, 6.45) is -0.387. The molecule has 3 rings (SSSR count). The Bertz CT molecular complexity index is 1110. The van der Waals surface area contributed by atoms with Crippen LogP contribution in [0.2, 0.25) is 0 Å². The van der Waals surface area contributed by atoms with Gasteiger partial charge in [0.05, 0.1) is 0 Å². The predicted molar refractivity (Wildman–Crippen MR) is 127 cm³/mol. The minimum Gasteiger partial charge on any atom is -0.472 e. The second-order valence-corrected chi connectivity index (χ2v) is 10.1. The molecule has 1 saturated heterocycles. The van der Waals surface area contributed by atoms with Crippen LogP contribution in [0.1, 0.15) is 46.2 Å². The molecule has 0 saturated carbocycles. The van der Waals surface area contributed by atoms with E-state index in [1.165, 1.54) is 6.07 Å². The van der Waals surface area contributed by atoms with E-state index in [1.807, 2.05) is 39.5 Å². The second kappa shape index (κ2) is 10.3. The van der Waals surface area contributed by atoms with Crippen LogP contribution >= 0.6 is 15.9 Å². The van der Waals surface area contributed by atoms with E-state index >= 15 is 0 Å². The SMILES string of the molecule is CC(C)n1c(N2CCN(C(=O)OC(C)(C)C)CC2)nc(OCc2ccc(F)cc2F)c(Br)c1=O. The number of hydrogen-bond donors (Lipinski definition) is 0. The van der Waals surface area contributed by atoms with Gasteiger partial charge in [0, 0.05) is 43.9 Å². The van der Waals surface area contributed by atoms with Crippen molar-refractivity contribution in [2.45, 2.75) is 52.9 Å². The Balaban J connectivity index is 1.83. The van der Waals surface area contributed by atoms with Crippen LogP contribution in [0.3, 0.4) is 0 Å². The molecule has 0 radical (unpaired) electrons. The molecule has 1 aromatic heterocycles. The van der Waals surface area contributed by atoms with Gasteiger partial charge in [-0.3, -0.25) is 9.36 Å². The van der Waals surface area contributed by atoms with Crippen molar-refractivity contribution in [1.82, 2.24) is 14.5 Å². The zero-order chi connectivity index (χ0) is 25.2. The molecule has 186 valence electrons.